The molecule has 0 aromatic heterocycles. The van der Waals surface area contributed by atoms with Crippen molar-refractivity contribution in [2.24, 2.45) is 0 Å². The molecule has 17 heavy (non-hydrogen) atoms. The highest BCUT2D eigenvalue weighted by atomic mass is 79.9. The van der Waals surface area contributed by atoms with Crippen molar-refractivity contribution in [1.82, 2.24) is 0 Å². The van der Waals surface area contributed by atoms with Crippen molar-refractivity contribution in [2.45, 2.75) is 16.8 Å². The molecular formula is C10H7BrF4OS. The fraction of sp³-hybridized carbons (Fsp3) is 0.300. The first-order chi connectivity index (χ1) is 7.83. The van der Waals surface area contributed by atoms with Crippen LogP contribution in [0.1, 0.15) is 16.8 Å². The number of Topliss-reactive ketones (excluding diaryl/α,β-unsaturated/α-hetero) is 1. The second-order valence-electron chi connectivity index (χ2n) is 3.05. The number of halogens is 5. The van der Waals surface area contributed by atoms with E-state index < -0.39 is 17.1 Å². The molecule has 7 heteroatoms. The standard InChI is InChI=1S/C10H7BrF4OS/c11-4-3-9(16)7-5-6(1-2-8(7)12)17-10(13,14)15/h1-2,5H,3-4H2. The lowest BCUT2D eigenvalue weighted by Gasteiger charge is -2.07. The van der Waals surface area contributed by atoms with Crippen LogP contribution in [0.4, 0.5) is 17.6 Å². The Balaban J connectivity index is 2.98. The average molecular weight is 331 g/mol. The van der Waals surface area contributed by atoms with Gasteiger partial charge in [0.1, 0.15) is 5.82 Å². The molecule has 0 aliphatic carbocycles. The molecule has 0 spiro atoms. The van der Waals surface area contributed by atoms with E-state index in [9.17, 15) is 22.4 Å². The van der Waals surface area contributed by atoms with Gasteiger partial charge in [0.05, 0.1) is 5.56 Å². The third kappa shape index (κ3) is 4.67. The molecule has 0 atom stereocenters. The summed E-state index contributed by atoms with van der Waals surface area (Å²) >= 11 is 2.64. The first-order valence-electron chi connectivity index (χ1n) is 4.48. The summed E-state index contributed by atoms with van der Waals surface area (Å²) in [7, 11) is 0. The third-order valence-electron chi connectivity index (χ3n) is 1.79. The van der Waals surface area contributed by atoms with E-state index in [-0.39, 0.29) is 28.6 Å². The van der Waals surface area contributed by atoms with Crippen LogP contribution in [-0.2, 0) is 0 Å². The number of hydrogen-bond donors (Lipinski definition) is 0. The fourth-order valence-electron chi connectivity index (χ4n) is 1.14. The van der Waals surface area contributed by atoms with Crippen molar-refractivity contribution < 1.29 is 22.4 Å². The highest BCUT2D eigenvalue weighted by molar-refractivity contribution is 9.09. The van der Waals surface area contributed by atoms with E-state index in [0.717, 1.165) is 18.2 Å². The van der Waals surface area contributed by atoms with Crippen molar-refractivity contribution in [3.8, 4) is 0 Å². The lowest BCUT2D eigenvalue weighted by molar-refractivity contribution is -0.0328. The molecule has 0 amide bonds. The molecule has 0 bridgehead atoms. The molecule has 0 aliphatic heterocycles. The van der Waals surface area contributed by atoms with Crippen LogP contribution in [0.5, 0.6) is 0 Å². The zero-order valence-corrected chi connectivity index (χ0v) is 10.8. The van der Waals surface area contributed by atoms with Gasteiger partial charge >= 0.3 is 5.51 Å². The Kier molecular flexibility index (Phi) is 5.00. The number of carbonyl (C=O) groups excluding carboxylic acids is 1. The molecule has 0 N–H and O–H groups in total. The topological polar surface area (TPSA) is 17.1 Å². The van der Waals surface area contributed by atoms with Gasteiger partial charge in [0.25, 0.3) is 0 Å². The first-order valence-corrected chi connectivity index (χ1v) is 6.42. The maximum atomic E-state index is 13.2. The zero-order valence-electron chi connectivity index (χ0n) is 8.35. The molecule has 0 saturated heterocycles. The van der Waals surface area contributed by atoms with Gasteiger partial charge in [-0.1, -0.05) is 15.9 Å². The predicted octanol–water partition coefficient (Wildman–Crippen LogP) is 4.41. The van der Waals surface area contributed by atoms with Crippen LogP contribution in [0.15, 0.2) is 23.1 Å². The van der Waals surface area contributed by atoms with Gasteiger partial charge in [-0.05, 0) is 30.0 Å². The van der Waals surface area contributed by atoms with E-state index in [0.29, 0.717) is 5.33 Å². The Hall–Kier alpha value is -0.560. The number of hydrogen-bond acceptors (Lipinski definition) is 2. The van der Waals surface area contributed by atoms with Crippen LogP contribution in [0.25, 0.3) is 0 Å². The summed E-state index contributed by atoms with van der Waals surface area (Å²) in [6.45, 7) is 0. The minimum Gasteiger partial charge on any atom is -0.294 e. The second kappa shape index (κ2) is 5.86. The van der Waals surface area contributed by atoms with Crippen molar-refractivity contribution in [3.05, 3.63) is 29.6 Å². The summed E-state index contributed by atoms with van der Waals surface area (Å²) in [5.41, 5.74) is -4.76. The molecule has 94 valence electrons. The molecule has 0 fully saturated rings. The number of carbonyl (C=O) groups is 1. The summed E-state index contributed by atoms with van der Waals surface area (Å²) < 4.78 is 49.5. The summed E-state index contributed by atoms with van der Waals surface area (Å²) in [5, 5.41) is 0.335. The van der Waals surface area contributed by atoms with E-state index in [1.165, 1.54) is 0 Å². The molecule has 1 rings (SSSR count). The van der Waals surface area contributed by atoms with E-state index in [1.54, 1.807) is 0 Å². The summed E-state index contributed by atoms with van der Waals surface area (Å²) in [4.78, 5) is 11.2. The van der Waals surface area contributed by atoms with Gasteiger partial charge in [-0.15, -0.1) is 0 Å². The van der Waals surface area contributed by atoms with Gasteiger partial charge in [-0.3, -0.25) is 4.79 Å². The molecule has 0 heterocycles. The monoisotopic (exact) mass is 330 g/mol. The third-order valence-corrected chi connectivity index (χ3v) is 2.91. The number of benzene rings is 1. The minimum absolute atomic E-state index is 0.0387. The van der Waals surface area contributed by atoms with Gasteiger partial charge < -0.3 is 0 Å². The van der Waals surface area contributed by atoms with Crippen LogP contribution < -0.4 is 0 Å². The lowest BCUT2D eigenvalue weighted by Crippen LogP contribution is -2.04. The molecule has 0 saturated carbocycles. The minimum atomic E-state index is -4.45. The molecule has 1 aromatic carbocycles. The fourth-order valence-corrected chi connectivity index (χ4v) is 2.08. The molecule has 1 aromatic rings. The maximum Gasteiger partial charge on any atom is 0.446 e. The van der Waals surface area contributed by atoms with E-state index >= 15 is 0 Å². The van der Waals surface area contributed by atoms with E-state index in [4.69, 9.17) is 0 Å². The first kappa shape index (κ1) is 14.5. The summed E-state index contributed by atoms with van der Waals surface area (Å²) in [5.74, 6) is -1.33. The lowest BCUT2D eigenvalue weighted by atomic mass is 10.1. The highest BCUT2D eigenvalue weighted by Crippen LogP contribution is 2.37. The van der Waals surface area contributed by atoms with Crippen LogP contribution in [0, 0.1) is 5.82 Å². The second-order valence-corrected chi connectivity index (χ2v) is 4.98. The molecule has 1 nitrogen and oxygen atoms in total. The van der Waals surface area contributed by atoms with Gasteiger partial charge in [0.15, 0.2) is 5.78 Å². The maximum absolute atomic E-state index is 13.2. The van der Waals surface area contributed by atoms with Crippen molar-refractivity contribution in [2.75, 3.05) is 5.33 Å². The van der Waals surface area contributed by atoms with E-state index in [1.807, 2.05) is 0 Å². The van der Waals surface area contributed by atoms with Crippen molar-refractivity contribution >= 4 is 33.5 Å². The van der Waals surface area contributed by atoms with Crippen LogP contribution in [0.3, 0.4) is 0 Å². The normalized spacial score (nSPS) is 11.6. The average Bonchev–Trinajstić information content (AvgIpc) is 2.19. The highest BCUT2D eigenvalue weighted by Gasteiger charge is 2.29. The number of rotatable bonds is 4. The smallest absolute Gasteiger partial charge is 0.294 e. The predicted molar refractivity (Wildman–Crippen MR) is 61.1 cm³/mol. The molecule has 0 aliphatic rings. The van der Waals surface area contributed by atoms with Crippen LogP contribution in [-0.4, -0.2) is 16.6 Å². The number of ketones is 1. The number of alkyl halides is 4. The van der Waals surface area contributed by atoms with Gasteiger partial charge in [-0.25, -0.2) is 4.39 Å². The summed E-state index contributed by atoms with van der Waals surface area (Å²) in [6, 6.07) is 2.80. The Morgan fingerprint density at radius 1 is 1.35 bits per heavy atom. The largest absolute Gasteiger partial charge is 0.446 e. The Morgan fingerprint density at radius 3 is 2.53 bits per heavy atom. The molecule has 0 radical (unpaired) electrons. The zero-order chi connectivity index (χ0) is 13.1. The Bertz CT molecular complexity index is 419. The van der Waals surface area contributed by atoms with Gasteiger partial charge in [-0.2, -0.15) is 13.2 Å². The molecule has 0 unspecified atom stereocenters. The summed E-state index contributed by atoms with van der Waals surface area (Å²) in [6.07, 6.45) is 0.0387. The quantitative estimate of drug-likeness (QED) is 0.352. The Morgan fingerprint density at radius 2 is 2.00 bits per heavy atom. The van der Waals surface area contributed by atoms with Gasteiger partial charge in [0.2, 0.25) is 0 Å². The van der Waals surface area contributed by atoms with Crippen LogP contribution >= 0.6 is 27.7 Å². The van der Waals surface area contributed by atoms with Gasteiger partial charge in [0, 0.05) is 16.6 Å². The SMILES string of the molecule is O=C(CCBr)c1cc(SC(F)(F)F)ccc1F. The number of thioether (sulfide) groups is 1. The van der Waals surface area contributed by atoms with Crippen LogP contribution in [0.2, 0.25) is 0 Å². The van der Waals surface area contributed by atoms with E-state index in [2.05, 4.69) is 15.9 Å². The molecular weight excluding hydrogens is 324 g/mol. The van der Waals surface area contributed by atoms with Crippen molar-refractivity contribution in [1.29, 1.82) is 0 Å². The Labute approximate surface area is 108 Å². The van der Waals surface area contributed by atoms with Crippen molar-refractivity contribution in [3.63, 3.8) is 0 Å².